The lowest BCUT2D eigenvalue weighted by Gasteiger charge is -2.00. The normalized spacial score (nSPS) is 10.4. The van der Waals surface area contributed by atoms with Gasteiger partial charge in [-0.05, 0) is 17.5 Å². The van der Waals surface area contributed by atoms with Crippen LogP contribution >= 0.6 is 45.9 Å². The average Bonchev–Trinajstić information content (AvgIpc) is 2.86. The zero-order valence-corrected chi connectivity index (χ0v) is 11.1. The first-order chi connectivity index (χ1) is 7.66. The summed E-state index contributed by atoms with van der Waals surface area (Å²) in [5.74, 6) is -0.146. The topological polar surface area (TPSA) is 29.1 Å². The van der Waals surface area contributed by atoms with Crippen LogP contribution in [0.1, 0.15) is 14.5 Å². The Balaban J connectivity index is 1.98. The Bertz CT molecular complexity index is 473. The molecule has 0 unspecified atom stereocenters. The molecule has 0 bridgehead atoms. The van der Waals surface area contributed by atoms with Gasteiger partial charge in [0.2, 0.25) is 0 Å². The number of amides is 1. The van der Waals surface area contributed by atoms with Crippen LogP contribution in [0.2, 0.25) is 9.36 Å². The Morgan fingerprint density at radius 1 is 1.44 bits per heavy atom. The molecule has 0 aliphatic heterocycles. The first-order valence-electron chi connectivity index (χ1n) is 4.42. The first kappa shape index (κ1) is 11.9. The third kappa shape index (κ3) is 2.77. The summed E-state index contributed by atoms with van der Waals surface area (Å²) in [7, 11) is 0. The number of hydrogen-bond acceptors (Lipinski definition) is 3. The number of thiophene rings is 2. The van der Waals surface area contributed by atoms with Gasteiger partial charge in [0.05, 0.1) is 16.4 Å². The summed E-state index contributed by atoms with van der Waals surface area (Å²) in [6.45, 7) is 0.531. The van der Waals surface area contributed by atoms with Gasteiger partial charge in [0.15, 0.2) is 0 Å². The maximum atomic E-state index is 11.7. The average molecular weight is 292 g/mol. The minimum Gasteiger partial charge on any atom is -0.346 e. The van der Waals surface area contributed by atoms with Crippen LogP contribution < -0.4 is 5.32 Å². The quantitative estimate of drug-likeness (QED) is 0.908. The van der Waals surface area contributed by atoms with E-state index in [0.717, 1.165) is 4.88 Å². The number of carbonyl (C=O) groups excluding carboxylic acids is 1. The molecule has 0 aliphatic rings. The van der Waals surface area contributed by atoms with E-state index in [1.807, 2.05) is 17.5 Å². The Morgan fingerprint density at radius 3 is 2.81 bits per heavy atom. The van der Waals surface area contributed by atoms with E-state index < -0.39 is 0 Å². The van der Waals surface area contributed by atoms with E-state index in [4.69, 9.17) is 23.2 Å². The van der Waals surface area contributed by atoms with Crippen molar-refractivity contribution >= 4 is 51.8 Å². The van der Waals surface area contributed by atoms with Crippen LogP contribution in [0, 0.1) is 0 Å². The lowest BCUT2D eigenvalue weighted by Crippen LogP contribution is -2.21. The summed E-state index contributed by atoms with van der Waals surface area (Å²) in [4.78, 5) is 13.3. The third-order valence-electron chi connectivity index (χ3n) is 1.87. The van der Waals surface area contributed by atoms with E-state index in [1.165, 1.54) is 11.3 Å². The summed E-state index contributed by atoms with van der Waals surface area (Å²) in [5, 5.41) is 5.20. The molecule has 2 aromatic heterocycles. The maximum Gasteiger partial charge on any atom is 0.261 e. The lowest BCUT2D eigenvalue weighted by molar-refractivity contribution is 0.0955. The number of halogens is 2. The van der Waals surface area contributed by atoms with Crippen molar-refractivity contribution < 1.29 is 4.79 Å². The van der Waals surface area contributed by atoms with Gasteiger partial charge >= 0.3 is 0 Å². The molecule has 16 heavy (non-hydrogen) atoms. The second kappa shape index (κ2) is 5.19. The van der Waals surface area contributed by atoms with Crippen LogP contribution in [-0.2, 0) is 6.54 Å². The standard InChI is InChI=1S/C10H7Cl2NOS2/c11-7-4-8(16-9(7)12)10(14)13-5-6-2-1-3-15-6/h1-4H,5H2,(H,13,14). The van der Waals surface area contributed by atoms with E-state index in [0.29, 0.717) is 20.8 Å². The van der Waals surface area contributed by atoms with Gasteiger partial charge in [0, 0.05) is 4.88 Å². The van der Waals surface area contributed by atoms with Crippen molar-refractivity contribution in [2.24, 2.45) is 0 Å². The molecule has 84 valence electrons. The highest BCUT2D eigenvalue weighted by Crippen LogP contribution is 2.31. The van der Waals surface area contributed by atoms with Crippen molar-refractivity contribution in [3.05, 3.63) is 42.7 Å². The zero-order chi connectivity index (χ0) is 11.5. The molecule has 0 radical (unpaired) electrons. The largest absolute Gasteiger partial charge is 0.346 e. The fraction of sp³-hybridized carbons (Fsp3) is 0.100. The summed E-state index contributed by atoms with van der Waals surface area (Å²) in [6.07, 6.45) is 0. The summed E-state index contributed by atoms with van der Waals surface area (Å²) >= 11 is 14.3. The van der Waals surface area contributed by atoms with E-state index in [1.54, 1.807) is 17.4 Å². The Labute approximate surface area is 111 Å². The summed E-state index contributed by atoms with van der Waals surface area (Å²) in [5.41, 5.74) is 0. The maximum absolute atomic E-state index is 11.7. The highest BCUT2D eigenvalue weighted by molar-refractivity contribution is 7.18. The monoisotopic (exact) mass is 291 g/mol. The molecule has 0 spiro atoms. The molecule has 2 heterocycles. The minimum absolute atomic E-state index is 0.146. The lowest BCUT2D eigenvalue weighted by atomic mass is 10.4. The van der Waals surface area contributed by atoms with Gasteiger partial charge in [-0.1, -0.05) is 29.3 Å². The Kier molecular flexibility index (Phi) is 3.86. The smallest absolute Gasteiger partial charge is 0.261 e. The van der Waals surface area contributed by atoms with Gasteiger partial charge in [-0.25, -0.2) is 0 Å². The Morgan fingerprint density at radius 2 is 2.25 bits per heavy atom. The van der Waals surface area contributed by atoms with Crippen molar-refractivity contribution in [2.75, 3.05) is 0 Å². The SMILES string of the molecule is O=C(NCc1cccs1)c1cc(Cl)c(Cl)s1. The third-order valence-corrected chi connectivity index (χ3v) is 4.61. The molecule has 0 aliphatic carbocycles. The molecule has 2 nitrogen and oxygen atoms in total. The van der Waals surface area contributed by atoms with Crippen LogP contribution in [0.15, 0.2) is 23.6 Å². The molecule has 0 saturated heterocycles. The molecule has 2 aromatic rings. The second-order valence-corrected chi connectivity index (χ2v) is 6.09. The second-order valence-electron chi connectivity index (χ2n) is 2.99. The van der Waals surface area contributed by atoms with Crippen LogP contribution in [0.4, 0.5) is 0 Å². The summed E-state index contributed by atoms with van der Waals surface area (Å²) in [6, 6.07) is 5.50. The van der Waals surface area contributed by atoms with E-state index in [2.05, 4.69) is 5.32 Å². The molecule has 0 saturated carbocycles. The molecule has 0 atom stereocenters. The molecule has 6 heteroatoms. The van der Waals surface area contributed by atoms with Crippen molar-refractivity contribution in [1.82, 2.24) is 5.32 Å². The fourth-order valence-corrected chi connectivity index (χ4v) is 3.06. The number of nitrogens with one attached hydrogen (secondary N) is 1. The highest BCUT2D eigenvalue weighted by Gasteiger charge is 2.12. The zero-order valence-electron chi connectivity index (χ0n) is 8.00. The van der Waals surface area contributed by atoms with Gasteiger partial charge in [-0.3, -0.25) is 4.79 Å². The van der Waals surface area contributed by atoms with Gasteiger partial charge in [-0.2, -0.15) is 0 Å². The minimum atomic E-state index is -0.146. The van der Waals surface area contributed by atoms with E-state index >= 15 is 0 Å². The molecular weight excluding hydrogens is 285 g/mol. The van der Waals surface area contributed by atoms with Crippen LogP contribution in [0.25, 0.3) is 0 Å². The van der Waals surface area contributed by atoms with E-state index in [-0.39, 0.29) is 5.91 Å². The van der Waals surface area contributed by atoms with Crippen LogP contribution in [0.5, 0.6) is 0 Å². The van der Waals surface area contributed by atoms with Crippen LogP contribution in [-0.4, -0.2) is 5.91 Å². The van der Waals surface area contributed by atoms with Gasteiger partial charge < -0.3 is 5.32 Å². The summed E-state index contributed by atoms with van der Waals surface area (Å²) < 4.78 is 0.447. The van der Waals surface area contributed by atoms with Crippen LogP contribution in [0.3, 0.4) is 0 Å². The molecule has 1 N–H and O–H groups in total. The number of rotatable bonds is 3. The van der Waals surface area contributed by atoms with Crippen molar-refractivity contribution in [2.45, 2.75) is 6.54 Å². The number of hydrogen-bond donors (Lipinski definition) is 1. The first-order valence-corrected chi connectivity index (χ1v) is 6.87. The predicted octanol–water partition coefficient (Wildman–Crippen LogP) is 4.05. The van der Waals surface area contributed by atoms with Crippen molar-refractivity contribution in [1.29, 1.82) is 0 Å². The van der Waals surface area contributed by atoms with Gasteiger partial charge in [0.1, 0.15) is 4.34 Å². The van der Waals surface area contributed by atoms with Gasteiger partial charge in [-0.15, -0.1) is 22.7 Å². The van der Waals surface area contributed by atoms with Crippen molar-refractivity contribution in [3.63, 3.8) is 0 Å². The number of carbonyl (C=O) groups is 1. The fourth-order valence-electron chi connectivity index (χ4n) is 1.13. The highest BCUT2D eigenvalue weighted by atomic mass is 35.5. The van der Waals surface area contributed by atoms with Crippen molar-refractivity contribution in [3.8, 4) is 0 Å². The van der Waals surface area contributed by atoms with Gasteiger partial charge in [0.25, 0.3) is 5.91 Å². The molecule has 0 fully saturated rings. The molecular formula is C10H7Cl2NOS2. The van der Waals surface area contributed by atoms with E-state index in [9.17, 15) is 4.79 Å². The molecule has 2 rings (SSSR count). The molecule has 0 aromatic carbocycles. The predicted molar refractivity (Wildman–Crippen MR) is 69.8 cm³/mol. The Hall–Kier alpha value is -0.550. The molecule has 1 amide bonds.